The van der Waals surface area contributed by atoms with Gasteiger partial charge < -0.3 is 5.11 Å². The summed E-state index contributed by atoms with van der Waals surface area (Å²) in [5, 5.41) is 13.2. The molecule has 2 N–H and O–H groups in total. The second-order valence-corrected chi connectivity index (χ2v) is 6.44. The van der Waals surface area contributed by atoms with Crippen LogP contribution in [0.1, 0.15) is 11.1 Å². The number of benzene rings is 3. The molecule has 0 atom stereocenters. The molecule has 0 aliphatic carbocycles. The molecule has 3 aromatic carbocycles. The number of phenolic OH excluding ortho intramolecular Hbond substituents is 1. The molecular weight excluding hydrogens is 350 g/mol. The molecule has 0 aliphatic heterocycles. The molecule has 1 heterocycles. The van der Waals surface area contributed by atoms with E-state index >= 15 is 0 Å². The number of aromatic hydroxyl groups is 1. The summed E-state index contributed by atoms with van der Waals surface area (Å²) in [6, 6.07) is 24.1. The van der Waals surface area contributed by atoms with Gasteiger partial charge in [0.25, 0.3) is 5.56 Å². The number of aromatic amines is 1. The van der Waals surface area contributed by atoms with E-state index in [2.05, 4.69) is 10.1 Å². The van der Waals surface area contributed by atoms with Crippen molar-refractivity contribution in [3.8, 4) is 22.7 Å². The Labute approximate surface area is 162 Å². The quantitative estimate of drug-likeness (QED) is 0.516. The maximum absolute atomic E-state index is 13.2. The molecule has 0 bridgehead atoms. The summed E-state index contributed by atoms with van der Waals surface area (Å²) in [4.78, 5) is 17.5. The number of hydrogen-bond donors (Lipinski definition) is 2. The van der Waals surface area contributed by atoms with Crippen molar-refractivity contribution in [3.63, 3.8) is 0 Å². The third kappa shape index (κ3) is 3.25. The maximum atomic E-state index is 13.2. The van der Waals surface area contributed by atoms with Gasteiger partial charge in [-0.05, 0) is 30.7 Å². The van der Waals surface area contributed by atoms with Crippen LogP contribution in [0.15, 0.2) is 88.6 Å². The Morgan fingerprint density at radius 1 is 0.929 bits per heavy atom. The van der Waals surface area contributed by atoms with Crippen molar-refractivity contribution in [1.82, 2.24) is 9.78 Å². The molecule has 0 radical (unpaired) electrons. The van der Waals surface area contributed by atoms with E-state index in [9.17, 15) is 9.90 Å². The third-order valence-electron chi connectivity index (χ3n) is 4.56. The molecule has 4 rings (SSSR count). The molecule has 5 nitrogen and oxygen atoms in total. The highest BCUT2D eigenvalue weighted by Crippen LogP contribution is 2.26. The molecule has 4 aromatic rings. The van der Waals surface area contributed by atoms with Gasteiger partial charge in [-0.15, -0.1) is 0 Å². The van der Waals surface area contributed by atoms with Gasteiger partial charge in [0.2, 0.25) is 0 Å². The van der Waals surface area contributed by atoms with Crippen molar-refractivity contribution in [2.75, 3.05) is 0 Å². The van der Waals surface area contributed by atoms with Crippen molar-refractivity contribution < 1.29 is 5.11 Å². The first-order chi connectivity index (χ1) is 13.6. The van der Waals surface area contributed by atoms with E-state index in [0.717, 1.165) is 16.8 Å². The number of para-hydroxylation sites is 3. The summed E-state index contributed by atoms with van der Waals surface area (Å²) in [6.45, 7) is 1.96. The lowest BCUT2D eigenvalue weighted by atomic mass is 10.1. The van der Waals surface area contributed by atoms with E-state index < -0.39 is 0 Å². The van der Waals surface area contributed by atoms with E-state index in [1.54, 1.807) is 24.3 Å². The highest BCUT2D eigenvalue weighted by Gasteiger charge is 2.16. The first kappa shape index (κ1) is 17.5. The Kier molecular flexibility index (Phi) is 4.64. The van der Waals surface area contributed by atoms with E-state index in [1.807, 2.05) is 61.5 Å². The molecule has 138 valence electrons. The standard InChI is InChI=1S/C23H19N3O2/c1-16-9-5-7-13-20(16)26-23(28)18(15-24-19-12-6-8-14-21(19)27)22(25-26)17-10-3-2-4-11-17/h2-15,25,27H,1H3. The topological polar surface area (TPSA) is 70.4 Å². The van der Waals surface area contributed by atoms with Crippen LogP contribution in [0, 0.1) is 6.92 Å². The van der Waals surface area contributed by atoms with Crippen molar-refractivity contribution >= 4 is 11.9 Å². The second kappa shape index (κ2) is 7.40. The lowest BCUT2D eigenvalue weighted by molar-refractivity contribution is 0.477. The van der Waals surface area contributed by atoms with Crippen LogP contribution in [0.5, 0.6) is 5.75 Å². The summed E-state index contributed by atoms with van der Waals surface area (Å²) in [5.74, 6) is 0.0646. The summed E-state index contributed by atoms with van der Waals surface area (Å²) < 4.78 is 1.53. The average molecular weight is 369 g/mol. The van der Waals surface area contributed by atoms with Gasteiger partial charge in [0.1, 0.15) is 11.4 Å². The number of rotatable bonds is 4. The molecule has 0 spiro atoms. The molecule has 0 amide bonds. The Balaban J connectivity index is 1.90. The number of aromatic nitrogens is 2. The Bertz CT molecular complexity index is 1200. The predicted octanol–water partition coefficient (Wildman–Crippen LogP) is 4.60. The number of H-pyrrole nitrogens is 1. The smallest absolute Gasteiger partial charge is 0.280 e. The van der Waals surface area contributed by atoms with Crippen molar-refractivity contribution in [3.05, 3.63) is 100 Å². The van der Waals surface area contributed by atoms with E-state index in [0.29, 0.717) is 16.9 Å². The van der Waals surface area contributed by atoms with E-state index in [1.165, 1.54) is 10.9 Å². The zero-order chi connectivity index (χ0) is 19.5. The van der Waals surface area contributed by atoms with Crippen molar-refractivity contribution in [2.45, 2.75) is 6.92 Å². The fourth-order valence-electron chi connectivity index (χ4n) is 3.09. The molecule has 0 saturated carbocycles. The Hall–Kier alpha value is -3.86. The van der Waals surface area contributed by atoms with Gasteiger partial charge in [0.15, 0.2) is 0 Å². The van der Waals surface area contributed by atoms with Gasteiger partial charge in [-0.1, -0.05) is 60.7 Å². The summed E-state index contributed by atoms with van der Waals surface area (Å²) >= 11 is 0. The number of aryl methyl sites for hydroxylation is 1. The van der Waals surface area contributed by atoms with Crippen molar-refractivity contribution in [1.29, 1.82) is 0 Å². The van der Waals surface area contributed by atoms with E-state index in [4.69, 9.17) is 0 Å². The molecule has 0 fully saturated rings. The highest BCUT2D eigenvalue weighted by atomic mass is 16.3. The molecule has 0 saturated heterocycles. The average Bonchev–Trinajstić information content (AvgIpc) is 3.05. The fourth-order valence-corrected chi connectivity index (χ4v) is 3.09. The number of nitrogens with zero attached hydrogens (tertiary/aromatic N) is 2. The normalized spacial score (nSPS) is 11.2. The van der Waals surface area contributed by atoms with Gasteiger partial charge in [-0.3, -0.25) is 14.9 Å². The minimum absolute atomic E-state index is 0.0646. The van der Waals surface area contributed by atoms with Crippen LogP contribution in [0.3, 0.4) is 0 Å². The highest BCUT2D eigenvalue weighted by molar-refractivity contribution is 5.90. The van der Waals surface area contributed by atoms with Crippen LogP contribution in [0.25, 0.3) is 16.9 Å². The minimum atomic E-state index is -0.202. The van der Waals surface area contributed by atoms with Crippen LogP contribution in [-0.4, -0.2) is 21.1 Å². The van der Waals surface area contributed by atoms with Crippen molar-refractivity contribution in [2.24, 2.45) is 4.99 Å². The number of aliphatic imine (C=N–C) groups is 1. The molecule has 0 unspecified atom stereocenters. The van der Waals surface area contributed by atoms with Gasteiger partial charge in [0.05, 0.1) is 16.9 Å². The van der Waals surface area contributed by atoms with Gasteiger partial charge >= 0.3 is 0 Å². The minimum Gasteiger partial charge on any atom is -0.506 e. The zero-order valence-electron chi connectivity index (χ0n) is 15.3. The van der Waals surface area contributed by atoms with Crippen LogP contribution in [0.4, 0.5) is 5.69 Å². The number of hydrogen-bond acceptors (Lipinski definition) is 3. The van der Waals surface area contributed by atoms with Gasteiger partial charge in [0, 0.05) is 11.8 Å². The lowest BCUT2D eigenvalue weighted by Gasteiger charge is -2.05. The Morgan fingerprint density at radius 3 is 2.36 bits per heavy atom. The molecule has 0 aliphatic rings. The summed E-state index contributed by atoms with van der Waals surface area (Å²) in [6.07, 6.45) is 1.50. The number of phenols is 1. The first-order valence-electron chi connectivity index (χ1n) is 8.93. The van der Waals surface area contributed by atoms with Gasteiger partial charge in [-0.25, -0.2) is 4.68 Å². The molecule has 28 heavy (non-hydrogen) atoms. The fraction of sp³-hybridized carbons (Fsp3) is 0.0435. The maximum Gasteiger partial charge on any atom is 0.280 e. The predicted molar refractivity (Wildman–Crippen MR) is 112 cm³/mol. The monoisotopic (exact) mass is 369 g/mol. The third-order valence-corrected chi connectivity index (χ3v) is 4.56. The Morgan fingerprint density at radius 2 is 1.61 bits per heavy atom. The summed E-state index contributed by atoms with van der Waals surface area (Å²) in [7, 11) is 0. The zero-order valence-corrected chi connectivity index (χ0v) is 15.3. The van der Waals surface area contributed by atoms with E-state index in [-0.39, 0.29) is 11.3 Å². The number of nitrogens with one attached hydrogen (secondary N) is 1. The first-order valence-corrected chi connectivity index (χ1v) is 8.93. The van der Waals surface area contributed by atoms with Crippen LogP contribution in [0.2, 0.25) is 0 Å². The SMILES string of the molecule is Cc1ccccc1-n1[nH]c(-c2ccccc2)c(C=Nc2ccccc2O)c1=O. The molecule has 1 aromatic heterocycles. The largest absolute Gasteiger partial charge is 0.506 e. The van der Waals surface area contributed by atoms with Crippen LogP contribution in [-0.2, 0) is 0 Å². The summed E-state index contributed by atoms with van der Waals surface area (Å²) in [5.41, 5.74) is 3.95. The second-order valence-electron chi connectivity index (χ2n) is 6.44. The van der Waals surface area contributed by atoms with Crippen LogP contribution < -0.4 is 5.56 Å². The molecular formula is C23H19N3O2. The lowest BCUT2D eigenvalue weighted by Crippen LogP contribution is -2.18. The van der Waals surface area contributed by atoms with Gasteiger partial charge in [-0.2, -0.15) is 0 Å². The molecule has 5 heteroatoms. The van der Waals surface area contributed by atoms with Crippen LogP contribution >= 0.6 is 0 Å².